The summed E-state index contributed by atoms with van der Waals surface area (Å²) in [5.41, 5.74) is 0. The first-order valence-electron chi connectivity index (χ1n) is 4.26. The minimum Gasteiger partial charge on any atom is -0.421 e. The third-order valence-electron chi connectivity index (χ3n) is 1.81. The first kappa shape index (κ1) is 11.3. The number of halogens is 3. The van der Waals surface area contributed by atoms with Gasteiger partial charge in [0, 0.05) is 7.05 Å². The second-order valence-corrected chi connectivity index (χ2v) is 4.06. The van der Waals surface area contributed by atoms with E-state index in [0.717, 1.165) is 0 Å². The largest absolute Gasteiger partial charge is 0.421 e. The third kappa shape index (κ3) is 2.17. The molecule has 84 valence electrons. The molecule has 0 aliphatic heterocycles. The molecule has 2 aromatic rings. The zero-order chi connectivity index (χ0) is 11.7. The Morgan fingerprint density at radius 2 is 2.25 bits per heavy atom. The summed E-state index contributed by atoms with van der Waals surface area (Å²) in [5.74, 6) is -0.612. The second kappa shape index (κ2) is 4.39. The average Bonchev–Trinajstić information content (AvgIpc) is 2.53. The molecule has 0 atom stereocenters. The molecule has 7 heteroatoms. The molecule has 1 aromatic carbocycles. The number of aryl methyl sites for hydroxylation is 1. The van der Waals surface area contributed by atoms with Crippen LogP contribution < -0.4 is 4.74 Å². The Kier molecular flexibility index (Phi) is 3.11. The highest BCUT2D eigenvalue weighted by atomic mass is 79.9. The summed E-state index contributed by atoms with van der Waals surface area (Å²) >= 11 is 8.70. The molecule has 0 aliphatic carbocycles. The number of hydrogen-bond donors (Lipinski definition) is 0. The predicted octanol–water partition coefficient (Wildman–Crippen LogP) is 3.16. The smallest absolute Gasteiger partial charge is 0.321 e. The Balaban J connectivity index is 2.34. The van der Waals surface area contributed by atoms with Gasteiger partial charge in [0.2, 0.25) is 4.73 Å². The molecule has 16 heavy (non-hydrogen) atoms. The lowest BCUT2D eigenvalue weighted by Crippen LogP contribution is -1.97. The molecule has 2 rings (SSSR count). The molecule has 1 aromatic heterocycles. The first-order chi connectivity index (χ1) is 7.58. The molecule has 0 unspecified atom stereocenters. The molecule has 0 saturated heterocycles. The van der Waals surface area contributed by atoms with E-state index in [2.05, 4.69) is 26.0 Å². The van der Waals surface area contributed by atoms with Gasteiger partial charge in [0.15, 0.2) is 11.6 Å². The van der Waals surface area contributed by atoms with Crippen LogP contribution in [0.4, 0.5) is 4.39 Å². The Labute approximate surface area is 104 Å². The van der Waals surface area contributed by atoms with Crippen molar-refractivity contribution in [3.05, 3.63) is 33.8 Å². The van der Waals surface area contributed by atoms with Gasteiger partial charge in [-0.15, -0.1) is 5.10 Å². The molecule has 0 amide bonds. The minimum absolute atomic E-state index is 0.00117. The van der Waals surface area contributed by atoms with Gasteiger partial charge in [0.25, 0.3) is 0 Å². The van der Waals surface area contributed by atoms with Crippen LogP contribution >= 0.6 is 27.5 Å². The number of benzene rings is 1. The van der Waals surface area contributed by atoms with Crippen LogP contribution in [-0.4, -0.2) is 14.8 Å². The van der Waals surface area contributed by atoms with Gasteiger partial charge in [0.05, 0.1) is 5.02 Å². The van der Waals surface area contributed by atoms with Gasteiger partial charge in [-0.25, -0.2) is 9.07 Å². The van der Waals surface area contributed by atoms with E-state index < -0.39 is 5.82 Å². The molecule has 0 N–H and O–H groups in total. The van der Waals surface area contributed by atoms with Gasteiger partial charge in [0.1, 0.15) is 0 Å². The quantitative estimate of drug-likeness (QED) is 0.855. The van der Waals surface area contributed by atoms with Gasteiger partial charge in [-0.2, -0.15) is 4.98 Å². The van der Waals surface area contributed by atoms with Gasteiger partial charge >= 0.3 is 6.01 Å². The second-order valence-electron chi connectivity index (χ2n) is 2.94. The molecule has 0 fully saturated rings. The fourth-order valence-corrected chi connectivity index (χ4v) is 1.65. The predicted molar refractivity (Wildman–Crippen MR) is 60.2 cm³/mol. The number of ether oxygens (including phenoxy) is 1. The summed E-state index contributed by atoms with van der Waals surface area (Å²) in [6.45, 7) is 0. The third-order valence-corrected chi connectivity index (χ3v) is 2.44. The van der Waals surface area contributed by atoms with E-state index in [1.807, 2.05) is 0 Å². The van der Waals surface area contributed by atoms with Crippen LogP contribution in [0.15, 0.2) is 22.9 Å². The van der Waals surface area contributed by atoms with E-state index in [9.17, 15) is 4.39 Å². The summed E-state index contributed by atoms with van der Waals surface area (Å²) in [7, 11) is 1.63. The zero-order valence-electron chi connectivity index (χ0n) is 8.12. The summed E-state index contributed by atoms with van der Waals surface area (Å²) in [4.78, 5) is 3.91. The molecule has 0 aliphatic rings. The average molecular weight is 307 g/mol. The van der Waals surface area contributed by atoms with Gasteiger partial charge in [-0.05, 0) is 28.1 Å². The fourth-order valence-electron chi connectivity index (χ4n) is 1.09. The van der Waals surface area contributed by atoms with Crippen LogP contribution in [0, 0.1) is 5.82 Å². The van der Waals surface area contributed by atoms with Crippen molar-refractivity contribution in [2.24, 2.45) is 7.05 Å². The SMILES string of the molecule is Cn1nc(Br)nc1Oc1cccc(Cl)c1F. The highest BCUT2D eigenvalue weighted by molar-refractivity contribution is 9.10. The van der Waals surface area contributed by atoms with Crippen molar-refractivity contribution in [2.75, 3.05) is 0 Å². The maximum Gasteiger partial charge on any atom is 0.321 e. The van der Waals surface area contributed by atoms with Crippen molar-refractivity contribution in [1.29, 1.82) is 0 Å². The summed E-state index contributed by atoms with van der Waals surface area (Å²) in [6, 6.07) is 4.67. The lowest BCUT2D eigenvalue weighted by Gasteiger charge is -2.05. The molecular formula is C9H6BrClFN3O. The molecule has 0 spiro atoms. The Morgan fingerprint density at radius 1 is 1.50 bits per heavy atom. The molecule has 1 heterocycles. The number of hydrogen-bond acceptors (Lipinski definition) is 3. The Bertz CT molecular complexity index is 531. The normalized spacial score (nSPS) is 10.5. The van der Waals surface area contributed by atoms with Crippen LogP contribution in [0.25, 0.3) is 0 Å². The van der Waals surface area contributed by atoms with Gasteiger partial charge in [-0.3, -0.25) is 0 Å². The first-order valence-corrected chi connectivity index (χ1v) is 5.43. The van der Waals surface area contributed by atoms with Gasteiger partial charge in [-0.1, -0.05) is 17.7 Å². The highest BCUT2D eigenvalue weighted by Crippen LogP contribution is 2.27. The van der Waals surface area contributed by atoms with E-state index in [4.69, 9.17) is 16.3 Å². The van der Waals surface area contributed by atoms with E-state index in [0.29, 0.717) is 4.73 Å². The van der Waals surface area contributed by atoms with E-state index in [1.54, 1.807) is 13.1 Å². The van der Waals surface area contributed by atoms with Crippen LogP contribution in [-0.2, 0) is 7.05 Å². The lowest BCUT2D eigenvalue weighted by atomic mass is 10.3. The maximum atomic E-state index is 13.5. The van der Waals surface area contributed by atoms with Crippen molar-refractivity contribution < 1.29 is 9.13 Å². The number of aromatic nitrogens is 3. The standard InChI is InChI=1S/C9H6BrClFN3O/c1-15-9(13-8(10)14-15)16-6-4-2-3-5(11)7(6)12/h2-4H,1H3. The maximum absolute atomic E-state index is 13.5. The van der Waals surface area contributed by atoms with Crippen molar-refractivity contribution in [1.82, 2.24) is 14.8 Å². The van der Waals surface area contributed by atoms with Crippen molar-refractivity contribution in [3.63, 3.8) is 0 Å². The molecule has 0 radical (unpaired) electrons. The minimum atomic E-state index is -0.622. The van der Waals surface area contributed by atoms with Gasteiger partial charge < -0.3 is 4.74 Å². The molecule has 0 saturated carbocycles. The van der Waals surface area contributed by atoms with Crippen LogP contribution in [0.3, 0.4) is 0 Å². The van der Waals surface area contributed by atoms with Crippen molar-refractivity contribution in [3.8, 4) is 11.8 Å². The summed E-state index contributed by atoms with van der Waals surface area (Å²) < 4.78 is 20.5. The van der Waals surface area contributed by atoms with Crippen molar-refractivity contribution >= 4 is 27.5 Å². The van der Waals surface area contributed by atoms with E-state index in [1.165, 1.54) is 16.8 Å². The Hall–Kier alpha value is -1.14. The van der Waals surface area contributed by atoms with Crippen molar-refractivity contribution in [2.45, 2.75) is 0 Å². The summed E-state index contributed by atoms with van der Waals surface area (Å²) in [6.07, 6.45) is 0. The topological polar surface area (TPSA) is 39.9 Å². The Morgan fingerprint density at radius 3 is 2.88 bits per heavy atom. The lowest BCUT2D eigenvalue weighted by molar-refractivity contribution is 0.390. The molecule has 4 nitrogen and oxygen atoms in total. The fraction of sp³-hybridized carbons (Fsp3) is 0.111. The van der Waals surface area contributed by atoms with Crippen LogP contribution in [0.1, 0.15) is 0 Å². The monoisotopic (exact) mass is 305 g/mol. The summed E-state index contributed by atoms with van der Waals surface area (Å²) in [5, 5.41) is 3.90. The van der Waals surface area contributed by atoms with E-state index in [-0.39, 0.29) is 16.8 Å². The number of nitrogens with zero attached hydrogens (tertiary/aromatic N) is 3. The molecular weight excluding hydrogens is 300 g/mol. The van der Waals surface area contributed by atoms with E-state index >= 15 is 0 Å². The van der Waals surface area contributed by atoms with Crippen LogP contribution in [0.2, 0.25) is 5.02 Å². The zero-order valence-corrected chi connectivity index (χ0v) is 10.5. The highest BCUT2D eigenvalue weighted by Gasteiger charge is 2.12. The van der Waals surface area contributed by atoms with Crippen LogP contribution in [0.5, 0.6) is 11.8 Å². The number of rotatable bonds is 2. The molecule has 0 bridgehead atoms.